The van der Waals surface area contributed by atoms with E-state index in [-0.39, 0.29) is 15.8 Å². The van der Waals surface area contributed by atoms with Gasteiger partial charge >= 0.3 is 0 Å². The molecule has 2 nitrogen and oxygen atoms in total. The Morgan fingerprint density at radius 2 is 1.76 bits per heavy atom. The molecule has 0 aromatic carbocycles. The van der Waals surface area contributed by atoms with Crippen LogP contribution in [0.2, 0.25) is 18.1 Å². The second kappa shape index (κ2) is 6.13. The molecular formula is C25H41ClO2Si. The van der Waals surface area contributed by atoms with E-state index in [0.717, 1.165) is 37.0 Å². The van der Waals surface area contributed by atoms with E-state index in [1.165, 1.54) is 38.5 Å². The van der Waals surface area contributed by atoms with Gasteiger partial charge in [-0.25, -0.2) is 0 Å². The fraction of sp³-hybridized carbons (Fsp3) is 0.960. The van der Waals surface area contributed by atoms with Crippen LogP contribution in [0.4, 0.5) is 0 Å². The first-order valence-corrected chi connectivity index (χ1v) is 15.6. The molecule has 29 heavy (non-hydrogen) atoms. The number of carbonyl (C=O) groups excluding carboxylic acids is 1. The lowest BCUT2D eigenvalue weighted by atomic mass is 9.50. The Balaban J connectivity index is 1.40. The highest BCUT2D eigenvalue weighted by atomic mass is 35.5. The Morgan fingerprint density at radius 1 is 1.03 bits per heavy atom. The summed E-state index contributed by atoms with van der Waals surface area (Å²) in [6, 6.07) is 0. The lowest BCUT2D eigenvalue weighted by molar-refractivity contribution is -0.128. The number of rotatable bonds is 2. The number of halogens is 1. The second-order valence-electron chi connectivity index (χ2n) is 13.2. The lowest BCUT2D eigenvalue weighted by Gasteiger charge is -2.55. The molecule has 0 N–H and O–H groups in total. The highest BCUT2D eigenvalue weighted by molar-refractivity contribution is 6.74. The number of carbonyl (C=O) groups is 1. The summed E-state index contributed by atoms with van der Waals surface area (Å²) in [6.45, 7) is 14.5. The Labute approximate surface area is 184 Å². The first kappa shape index (κ1) is 21.0. The third-order valence-electron chi connectivity index (χ3n) is 11.3. The van der Waals surface area contributed by atoms with Crippen molar-refractivity contribution < 1.29 is 9.22 Å². The molecule has 0 spiro atoms. The molecule has 0 aromatic rings. The van der Waals surface area contributed by atoms with Crippen molar-refractivity contribution in [1.29, 1.82) is 0 Å². The van der Waals surface area contributed by atoms with Crippen molar-refractivity contribution in [2.45, 2.75) is 115 Å². The minimum absolute atomic E-state index is 0.175. The molecule has 0 bridgehead atoms. The van der Waals surface area contributed by atoms with E-state index in [9.17, 15) is 4.79 Å². The van der Waals surface area contributed by atoms with Gasteiger partial charge in [-0.05, 0) is 91.7 Å². The highest BCUT2D eigenvalue weighted by Crippen LogP contribution is 2.84. The second-order valence-corrected chi connectivity index (χ2v) is 18.4. The number of hydrogen-bond donors (Lipinski definition) is 0. The van der Waals surface area contributed by atoms with Gasteiger partial charge in [-0.3, -0.25) is 4.79 Å². The van der Waals surface area contributed by atoms with Gasteiger partial charge in [0.15, 0.2) is 8.32 Å². The standard InChI is InChI=1S/C25H41ClO2Si/c1-22(2,3)29(5,6)28-20-8-7-18-17-10-13-24-15-16(27)9-14-25(24,21(24)26)19(17)11-12-23(18,20)4/h17-21H,7-15H2,1-6H3/t17-,18-,19-,20-,21-,23-,24-,25-/m0/s1. The summed E-state index contributed by atoms with van der Waals surface area (Å²) in [5.74, 6) is 2.85. The van der Waals surface area contributed by atoms with Gasteiger partial charge in [-0.15, -0.1) is 11.6 Å². The fourth-order valence-electron chi connectivity index (χ4n) is 8.67. The fourth-order valence-corrected chi connectivity index (χ4v) is 10.9. The Hall–Kier alpha value is 0.137. The number of fused-ring (bicyclic) bond motifs is 3. The van der Waals surface area contributed by atoms with Gasteiger partial charge in [-0.1, -0.05) is 27.7 Å². The molecule has 0 unspecified atom stereocenters. The van der Waals surface area contributed by atoms with Gasteiger partial charge in [0.25, 0.3) is 0 Å². The molecule has 5 rings (SSSR count). The third kappa shape index (κ3) is 2.53. The first-order valence-electron chi connectivity index (χ1n) is 12.2. The average molecular weight is 437 g/mol. The molecule has 0 heterocycles. The summed E-state index contributed by atoms with van der Waals surface area (Å²) in [5, 5.41) is 0.540. The van der Waals surface area contributed by atoms with Crippen molar-refractivity contribution in [1.82, 2.24) is 0 Å². The molecule has 4 heteroatoms. The first-order chi connectivity index (χ1) is 13.4. The lowest BCUT2D eigenvalue weighted by Crippen LogP contribution is -2.53. The van der Waals surface area contributed by atoms with Crippen molar-refractivity contribution in [3.05, 3.63) is 0 Å². The van der Waals surface area contributed by atoms with E-state index in [1.54, 1.807) is 0 Å². The molecule has 5 saturated carbocycles. The number of Topliss-reactive ketones (excluding diaryl/α,β-unsaturated/α-hetero) is 1. The number of alkyl halides is 1. The summed E-state index contributed by atoms with van der Waals surface area (Å²) in [7, 11) is -1.75. The molecular weight excluding hydrogens is 396 g/mol. The molecule has 0 saturated heterocycles. The average Bonchev–Trinajstić information content (AvgIpc) is 3.00. The van der Waals surface area contributed by atoms with Crippen molar-refractivity contribution in [3.8, 4) is 0 Å². The van der Waals surface area contributed by atoms with Crippen LogP contribution < -0.4 is 0 Å². The van der Waals surface area contributed by atoms with Crippen molar-refractivity contribution in [2.75, 3.05) is 0 Å². The molecule has 0 aromatic heterocycles. The molecule has 5 fully saturated rings. The number of ketones is 1. The van der Waals surface area contributed by atoms with Gasteiger partial charge in [0.2, 0.25) is 0 Å². The van der Waals surface area contributed by atoms with Crippen LogP contribution in [0.15, 0.2) is 0 Å². The minimum atomic E-state index is -1.75. The topological polar surface area (TPSA) is 26.3 Å². The normalized spacial score (nSPS) is 51.7. The Kier molecular flexibility index (Phi) is 4.44. The van der Waals surface area contributed by atoms with E-state index in [1.807, 2.05) is 0 Å². The quantitative estimate of drug-likeness (QED) is 0.345. The van der Waals surface area contributed by atoms with Crippen LogP contribution in [0, 0.1) is 34.0 Å². The monoisotopic (exact) mass is 436 g/mol. The summed E-state index contributed by atoms with van der Waals surface area (Å²) >= 11 is 7.07. The van der Waals surface area contributed by atoms with Gasteiger partial charge in [0.05, 0.1) is 6.10 Å². The predicted molar refractivity (Wildman–Crippen MR) is 122 cm³/mol. The van der Waals surface area contributed by atoms with Crippen LogP contribution in [-0.4, -0.2) is 25.6 Å². The van der Waals surface area contributed by atoms with Crippen molar-refractivity contribution >= 4 is 25.7 Å². The molecule has 5 aliphatic carbocycles. The van der Waals surface area contributed by atoms with Crippen LogP contribution in [0.25, 0.3) is 0 Å². The molecule has 8 atom stereocenters. The van der Waals surface area contributed by atoms with Crippen LogP contribution >= 0.6 is 11.6 Å². The maximum Gasteiger partial charge on any atom is 0.192 e. The van der Waals surface area contributed by atoms with Crippen molar-refractivity contribution in [3.63, 3.8) is 0 Å². The summed E-state index contributed by atoms with van der Waals surface area (Å²) in [4.78, 5) is 12.3. The molecule has 164 valence electrons. The largest absolute Gasteiger partial charge is 0.413 e. The zero-order valence-electron chi connectivity index (χ0n) is 19.4. The van der Waals surface area contributed by atoms with Crippen LogP contribution in [0.5, 0.6) is 0 Å². The summed E-state index contributed by atoms with van der Waals surface area (Å²) in [6.07, 6.45) is 10.8. The zero-order valence-corrected chi connectivity index (χ0v) is 21.2. The SMILES string of the molecule is CC(C)(C)[Si](C)(C)O[C@H]1CC[C@H]2[C@@H]3CC[C@@]45CC(=O)CC[C@]4([C@H]3CC[C@]12C)[C@H]5Cl. The maximum absolute atomic E-state index is 12.3. The summed E-state index contributed by atoms with van der Waals surface area (Å²) in [5.41, 5.74) is 0.814. The molecule has 0 aliphatic heterocycles. The van der Waals surface area contributed by atoms with E-state index in [2.05, 4.69) is 40.8 Å². The van der Waals surface area contributed by atoms with Gasteiger partial charge < -0.3 is 4.43 Å². The molecule has 5 aliphatic rings. The van der Waals surface area contributed by atoms with Crippen LogP contribution in [-0.2, 0) is 9.22 Å². The Morgan fingerprint density at radius 3 is 2.45 bits per heavy atom. The van der Waals surface area contributed by atoms with Crippen molar-refractivity contribution in [2.24, 2.45) is 34.0 Å². The van der Waals surface area contributed by atoms with Gasteiger partial charge in [-0.2, -0.15) is 0 Å². The van der Waals surface area contributed by atoms with Crippen LogP contribution in [0.3, 0.4) is 0 Å². The minimum Gasteiger partial charge on any atom is -0.413 e. The summed E-state index contributed by atoms with van der Waals surface area (Å²) < 4.78 is 7.06. The van der Waals surface area contributed by atoms with E-state index in [0.29, 0.717) is 22.7 Å². The maximum atomic E-state index is 12.3. The van der Waals surface area contributed by atoms with E-state index < -0.39 is 8.32 Å². The highest BCUT2D eigenvalue weighted by Gasteiger charge is 2.82. The van der Waals surface area contributed by atoms with E-state index >= 15 is 0 Å². The third-order valence-corrected chi connectivity index (χ3v) is 16.6. The smallest absolute Gasteiger partial charge is 0.192 e. The van der Waals surface area contributed by atoms with Gasteiger partial charge in [0, 0.05) is 23.6 Å². The molecule has 0 radical (unpaired) electrons. The van der Waals surface area contributed by atoms with Gasteiger partial charge in [0.1, 0.15) is 5.78 Å². The number of hydrogen-bond acceptors (Lipinski definition) is 2. The predicted octanol–water partition coefficient (Wildman–Crippen LogP) is 6.96. The van der Waals surface area contributed by atoms with Crippen LogP contribution in [0.1, 0.15) is 85.5 Å². The zero-order chi connectivity index (χ0) is 21.0. The Bertz CT molecular complexity index is 729. The molecule has 0 amide bonds. The van der Waals surface area contributed by atoms with E-state index in [4.69, 9.17) is 16.0 Å².